The number of hydrogen-bond acceptors (Lipinski definition) is 3. The molecule has 0 aromatic rings. The van der Waals surface area contributed by atoms with Crippen molar-refractivity contribution in [3.63, 3.8) is 0 Å². The topological polar surface area (TPSA) is 43.4 Å². The van der Waals surface area contributed by atoms with E-state index in [0.29, 0.717) is 19.4 Å². The number of carbonyl (C=O) groups is 2. The van der Waals surface area contributed by atoms with Crippen LogP contribution < -0.4 is 0 Å². The maximum Gasteiger partial charge on any atom is 0.305 e. The van der Waals surface area contributed by atoms with E-state index in [-0.39, 0.29) is 5.97 Å². The molecule has 0 aliphatic carbocycles. The minimum absolute atomic E-state index is 0.0658. The summed E-state index contributed by atoms with van der Waals surface area (Å²) in [6.07, 6.45) is 13.3. The first-order chi connectivity index (χ1) is 9.31. The van der Waals surface area contributed by atoms with E-state index in [1.54, 1.807) is 0 Å². The monoisotopic (exact) mass is 270 g/mol. The van der Waals surface area contributed by atoms with Gasteiger partial charge in [-0.15, -0.1) is 0 Å². The molecule has 0 radical (unpaired) electrons. The molecule has 0 heterocycles. The molecular formula is C16H30O3. The number of ether oxygens (including phenoxy) is 1. The Kier molecular flexibility index (Phi) is 14.5. The Morgan fingerprint density at radius 2 is 1.53 bits per heavy atom. The first kappa shape index (κ1) is 18.1. The quantitative estimate of drug-likeness (QED) is 0.266. The van der Waals surface area contributed by atoms with Gasteiger partial charge in [-0.2, -0.15) is 0 Å². The molecular weight excluding hydrogens is 240 g/mol. The van der Waals surface area contributed by atoms with Crippen LogP contribution in [0.1, 0.15) is 84.0 Å². The van der Waals surface area contributed by atoms with Gasteiger partial charge in [0, 0.05) is 12.8 Å². The van der Waals surface area contributed by atoms with Crippen molar-refractivity contribution in [1.82, 2.24) is 0 Å². The van der Waals surface area contributed by atoms with Gasteiger partial charge < -0.3 is 9.53 Å². The molecule has 0 atom stereocenters. The van der Waals surface area contributed by atoms with Crippen LogP contribution >= 0.6 is 0 Å². The van der Waals surface area contributed by atoms with Gasteiger partial charge in [-0.3, -0.25) is 4.79 Å². The van der Waals surface area contributed by atoms with E-state index in [1.807, 2.05) is 0 Å². The molecule has 0 bridgehead atoms. The standard InChI is InChI=1S/C16H30O3/c1-2-3-4-5-9-12-15-19-16(18)13-10-7-6-8-11-14-17/h14H,2-13,15H2,1H3. The average Bonchev–Trinajstić information content (AvgIpc) is 2.41. The number of aldehydes is 1. The zero-order chi connectivity index (χ0) is 14.2. The summed E-state index contributed by atoms with van der Waals surface area (Å²) in [4.78, 5) is 21.5. The molecule has 19 heavy (non-hydrogen) atoms. The number of unbranched alkanes of at least 4 members (excludes halogenated alkanes) is 9. The smallest absolute Gasteiger partial charge is 0.305 e. The van der Waals surface area contributed by atoms with Crippen molar-refractivity contribution in [1.29, 1.82) is 0 Å². The first-order valence-corrected chi connectivity index (χ1v) is 7.90. The van der Waals surface area contributed by atoms with Gasteiger partial charge in [0.1, 0.15) is 6.29 Å². The zero-order valence-electron chi connectivity index (χ0n) is 12.5. The van der Waals surface area contributed by atoms with Gasteiger partial charge in [-0.05, 0) is 19.3 Å². The molecule has 0 fully saturated rings. The second kappa shape index (κ2) is 15.2. The highest BCUT2D eigenvalue weighted by atomic mass is 16.5. The Labute approximate surface area is 118 Å². The highest BCUT2D eigenvalue weighted by Gasteiger charge is 2.02. The molecule has 0 unspecified atom stereocenters. The van der Waals surface area contributed by atoms with Crippen molar-refractivity contribution in [2.75, 3.05) is 6.61 Å². The Bertz CT molecular complexity index is 214. The molecule has 0 saturated carbocycles. The summed E-state index contributed by atoms with van der Waals surface area (Å²) >= 11 is 0. The molecule has 3 nitrogen and oxygen atoms in total. The summed E-state index contributed by atoms with van der Waals surface area (Å²) < 4.78 is 5.18. The molecule has 112 valence electrons. The van der Waals surface area contributed by atoms with Gasteiger partial charge in [-0.25, -0.2) is 0 Å². The normalized spacial score (nSPS) is 10.4. The van der Waals surface area contributed by atoms with Crippen LogP contribution in [0.5, 0.6) is 0 Å². The van der Waals surface area contributed by atoms with Crippen LogP contribution in [0.15, 0.2) is 0 Å². The van der Waals surface area contributed by atoms with Crippen LogP contribution in [0.25, 0.3) is 0 Å². The molecule has 0 N–H and O–H groups in total. The Morgan fingerprint density at radius 3 is 2.26 bits per heavy atom. The van der Waals surface area contributed by atoms with E-state index >= 15 is 0 Å². The molecule has 0 saturated heterocycles. The molecule has 0 aromatic heterocycles. The Hall–Kier alpha value is -0.860. The largest absolute Gasteiger partial charge is 0.466 e. The molecule has 0 aliphatic rings. The highest BCUT2D eigenvalue weighted by molar-refractivity contribution is 5.69. The predicted octanol–water partition coefficient (Wildman–Crippen LogP) is 4.43. The van der Waals surface area contributed by atoms with E-state index in [1.165, 1.54) is 32.1 Å². The Morgan fingerprint density at radius 1 is 0.895 bits per heavy atom. The first-order valence-electron chi connectivity index (χ1n) is 7.90. The third-order valence-electron chi connectivity index (χ3n) is 3.21. The lowest BCUT2D eigenvalue weighted by Gasteiger charge is -2.04. The number of carbonyl (C=O) groups excluding carboxylic acids is 2. The van der Waals surface area contributed by atoms with Crippen LogP contribution in [0.4, 0.5) is 0 Å². The van der Waals surface area contributed by atoms with Gasteiger partial charge >= 0.3 is 5.97 Å². The van der Waals surface area contributed by atoms with E-state index in [4.69, 9.17) is 4.74 Å². The van der Waals surface area contributed by atoms with E-state index in [2.05, 4.69) is 6.92 Å². The molecule has 0 aliphatic heterocycles. The van der Waals surface area contributed by atoms with Crippen LogP contribution in [-0.2, 0) is 14.3 Å². The van der Waals surface area contributed by atoms with E-state index < -0.39 is 0 Å². The lowest BCUT2D eigenvalue weighted by atomic mass is 10.1. The summed E-state index contributed by atoms with van der Waals surface area (Å²) in [5.41, 5.74) is 0. The van der Waals surface area contributed by atoms with E-state index in [0.717, 1.165) is 38.4 Å². The third-order valence-corrected chi connectivity index (χ3v) is 3.21. The van der Waals surface area contributed by atoms with Gasteiger partial charge in [-0.1, -0.05) is 51.9 Å². The summed E-state index contributed by atoms with van der Waals surface area (Å²) in [6, 6.07) is 0. The van der Waals surface area contributed by atoms with Crippen molar-refractivity contribution < 1.29 is 14.3 Å². The Balaban J connectivity index is 3.14. The molecule has 0 rings (SSSR count). The second-order valence-corrected chi connectivity index (χ2v) is 5.11. The lowest BCUT2D eigenvalue weighted by molar-refractivity contribution is -0.143. The van der Waals surface area contributed by atoms with Crippen molar-refractivity contribution in [2.24, 2.45) is 0 Å². The SMILES string of the molecule is CCCCCCCCOC(=O)CCCCCCC=O. The summed E-state index contributed by atoms with van der Waals surface area (Å²) in [5.74, 6) is -0.0658. The van der Waals surface area contributed by atoms with Gasteiger partial charge in [0.2, 0.25) is 0 Å². The van der Waals surface area contributed by atoms with Crippen molar-refractivity contribution in [2.45, 2.75) is 84.0 Å². The van der Waals surface area contributed by atoms with Crippen LogP contribution in [-0.4, -0.2) is 18.9 Å². The summed E-state index contributed by atoms with van der Waals surface area (Å²) in [7, 11) is 0. The average molecular weight is 270 g/mol. The number of hydrogen-bond donors (Lipinski definition) is 0. The van der Waals surface area contributed by atoms with Gasteiger partial charge in [0.15, 0.2) is 0 Å². The fourth-order valence-electron chi connectivity index (χ4n) is 1.99. The third kappa shape index (κ3) is 15.1. The highest BCUT2D eigenvalue weighted by Crippen LogP contribution is 2.07. The lowest BCUT2D eigenvalue weighted by Crippen LogP contribution is -2.05. The molecule has 0 amide bonds. The second-order valence-electron chi connectivity index (χ2n) is 5.11. The van der Waals surface area contributed by atoms with Crippen LogP contribution in [0.2, 0.25) is 0 Å². The van der Waals surface area contributed by atoms with Crippen molar-refractivity contribution in [3.05, 3.63) is 0 Å². The fraction of sp³-hybridized carbons (Fsp3) is 0.875. The maximum atomic E-state index is 11.4. The number of esters is 1. The molecule has 0 aromatic carbocycles. The van der Waals surface area contributed by atoms with Crippen molar-refractivity contribution in [3.8, 4) is 0 Å². The van der Waals surface area contributed by atoms with Gasteiger partial charge in [0.25, 0.3) is 0 Å². The fourth-order valence-corrected chi connectivity index (χ4v) is 1.99. The molecule has 3 heteroatoms. The minimum atomic E-state index is -0.0658. The summed E-state index contributed by atoms with van der Waals surface area (Å²) in [5, 5.41) is 0. The molecule has 0 spiro atoms. The van der Waals surface area contributed by atoms with E-state index in [9.17, 15) is 9.59 Å². The van der Waals surface area contributed by atoms with Gasteiger partial charge in [0.05, 0.1) is 6.61 Å². The predicted molar refractivity (Wildman–Crippen MR) is 78.1 cm³/mol. The van der Waals surface area contributed by atoms with Crippen molar-refractivity contribution >= 4 is 12.3 Å². The van der Waals surface area contributed by atoms with Crippen LogP contribution in [0.3, 0.4) is 0 Å². The zero-order valence-corrected chi connectivity index (χ0v) is 12.5. The van der Waals surface area contributed by atoms with Crippen LogP contribution in [0, 0.1) is 0 Å². The minimum Gasteiger partial charge on any atom is -0.466 e. The number of rotatable bonds is 14. The summed E-state index contributed by atoms with van der Waals surface area (Å²) in [6.45, 7) is 2.79. The maximum absolute atomic E-state index is 11.4.